The highest BCUT2D eigenvalue weighted by atomic mass is 19.1. The largest absolute Gasteiger partial charge is 0.326 e. The molecular formula is C24H22FN3O. The first kappa shape index (κ1) is 18.9. The van der Waals surface area contributed by atoms with Crippen LogP contribution in [0.4, 0.5) is 10.1 Å². The van der Waals surface area contributed by atoms with Crippen LogP contribution in [0.5, 0.6) is 0 Å². The Morgan fingerprint density at radius 2 is 1.83 bits per heavy atom. The molecule has 2 aromatic heterocycles. The molecule has 0 fully saturated rings. The van der Waals surface area contributed by atoms with E-state index in [9.17, 15) is 9.18 Å². The lowest BCUT2D eigenvalue weighted by molar-refractivity contribution is -0.116. The summed E-state index contributed by atoms with van der Waals surface area (Å²) >= 11 is 0. The number of carbonyl (C=O) groups excluding carboxylic acids is 1. The second kappa shape index (κ2) is 7.87. The summed E-state index contributed by atoms with van der Waals surface area (Å²) in [6, 6.07) is 18.1. The highest BCUT2D eigenvalue weighted by Crippen LogP contribution is 2.31. The summed E-state index contributed by atoms with van der Waals surface area (Å²) in [4.78, 5) is 17.3. The van der Waals surface area contributed by atoms with Crippen molar-refractivity contribution in [3.05, 3.63) is 101 Å². The first-order valence-corrected chi connectivity index (χ1v) is 9.56. The molecule has 0 aliphatic carbocycles. The van der Waals surface area contributed by atoms with Crippen LogP contribution < -0.4 is 5.32 Å². The average molecular weight is 387 g/mol. The number of carbonyl (C=O) groups is 1. The van der Waals surface area contributed by atoms with Crippen LogP contribution in [-0.2, 0) is 4.79 Å². The third kappa shape index (κ3) is 3.90. The molecule has 5 heteroatoms. The molecule has 2 heterocycles. The molecule has 0 saturated carbocycles. The van der Waals surface area contributed by atoms with E-state index in [0.717, 1.165) is 28.2 Å². The second-order valence-corrected chi connectivity index (χ2v) is 7.26. The average Bonchev–Trinajstić information content (AvgIpc) is 3.14. The summed E-state index contributed by atoms with van der Waals surface area (Å²) in [6.07, 6.45) is 3.74. The number of nitrogens with zero attached hydrogens (tertiary/aromatic N) is 2. The summed E-state index contributed by atoms with van der Waals surface area (Å²) in [5.74, 6) is -0.966. The first-order valence-electron chi connectivity index (χ1n) is 9.56. The monoisotopic (exact) mass is 387 g/mol. The van der Waals surface area contributed by atoms with Crippen LogP contribution >= 0.6 is 0 Å². The Bertz CT molecular complexity index is 1160. The van der Waals surface area contributed by atoms with E-state index in [1.807, 2.05) is 60.8 Å². The number of benzene rings is 2. The number of aromatic nitrogens is 2. The number of fused-ring (bicyclic) bond motifs is 1. The number of nitrogens with one attached hydrogen (secondary N) is 1. The highest BCUT2D eigenvalue weighted by molar-refractivity contribution is 5.91. The third-order valence-electron chi connectivity index (χ3n) is 5.12. The van der Waals surface area contributed by atoms with Gasteiger partial charge in [0.15, 0.2) is 0 Å². The lowest BCUT2D eigenvalue weighted by Gasteiger charge is -2.18. The van der Waals surface area contributed by atoms with Gasteiger partial charge in [0.2, 0.25) is 5.91 Å². The van der Waals surface area contributed by atoms with E-state index in [1.54, 1.807) is 24.4 Å². The SMILES string of the molecule is Cc1ccc(NC(=O)CC(c2ccccc2F)c2cnc3c(C)cccn23)cc1. The van der Waals surface area contributed by atoms with Gasteiger partial charge in [-0.1, -0.05) is 42.0 Å². The molecule has 4 rings (SSSR count). The standard InChI is InChI=1S/C24H22FN3O/c1-16-9-11-18(12-10-16)27-23(29)14-20(19-7-3-4-8-21(19)25)22-15-26-24-17(2)6-5-13-28(22)24/h3-13,15,20H,14H2,1-2H3,(H,27,29). The molecule has 0 spiro atoms. The molecule has 1 unspecified atom stereocenters. The molecule has 2 aromatic carbocycles. The Hall–Kier alpha value is -3.47. The molecular weight excluding hydrogens is 365 g/mol. The number of rotatable bonds is 5. The Labute approximate surface area is 169 Å². The maximum atomic E-state index is 14.7. The van der Waals surface area contributed by atoms with Crippen molar-refractivity contribution in [3.63, 3.8) is 0 Å². The fourth-order valence-electron chi connectivity index (χ4n) is 3.59. The predicted octanol–water partition coefficient (Wildman–Crippen LogP) is 5.25. The predicted molar refractivity (Wildman–Crippen MR) is 113 cm³/mol. The molecule has 0 aliphatic rings. The van der Waals surface area contributed by atoms with E-state index in [4.69, 9.17) is 0 Å². The van der Waals surface area contributed by atoms with Crippen molar-refractivity contribution in [1.82, 2.24) is 9.38 Å². The van der Waals surface area contributed by atoms with Crippen LogP contribution in [0.3, 0.4) is 0 Å². The van der Waals surface area contributed by atoms with E-state index in [0.29, 0.717) is 5.56 Å². The molecule has 146 valence electrons. The zero-order valence-electron chi connectivity index (χ0n) is 16.4. The second-order valence-electron chi connectivity index (χ2n) is 7.26. The summed E-state index contributed by atoms with van der Waals surface area (Å²) in [5, 5.41) is 2.92. The minimum atomic E-state index is -0.460. The summed E-state index contributed by atoms with van der Waals surface area (Å²) in [7, 11) is 0. The Morgan fingerprint density at radius 3 is 2.59 bits per heavy atom. The molecule has 1 N–H and O–H groups in total. The number of hydrogen-bond acceptors (Lipinski definition) is 2. The molecule has 1 atom stereocenters. The van der Waals surface area contributed by atoms with Gasteiger partial charge in [-0.25, -0.2) is 9.37 Å². The van der Waals surface area contributed by atoms with E-state index in [2.05, 4.69) is 10.3 Å². The number of anilines is 1. The van der Waals surface area contributed by atoms with Crippen LogP contribution in [0.2, 0.25) is 0 Å². The van der Waals surface area contributed by atoms with Crippen molar-refractivity contribution in [1.29, 1.82) is 0 Å². The zero-order chi connectivity index (χ0) is 20.4. The van der Waals surface area contributed by atoms with Gasteiger partial charge in [-0.2, -0.15) is 0 Å². The van der Waals surface area contributed by atoms with E-state index >= 15 is 0 Å². The van der Waals surface area contributed by atoms with E-state index < -0.39 is 5.92 Å². The number of hydrogen-bond donors (Lipinski definition) is 1. The van der Waals surface area contributed by atoms with Crippen LogP contribution in [0, 0.1) is 19.7 Å². The number of imidazole rings is 1. The first-order chi connectivity index (χ1) is 14.0. The van der Waals surface area contributed by atoms with Gasteiger partial charge in [-0.3, -0.25) is 4.79 Å². The van der Waals surface area contributed by atoms with Gasteiger partial charge in [0.05, 0.1) is 5.69 Å². The van der Waals surface area contributed by atoms with Crippen molar-refractivity contribution < 1.29 is 9.18 Å². The summed E-state index contributed by atoms with van der Waals surface area (Å²) < 4.78 is 16.6. The Balaban J connectivity index is 1.71. The van der Waals surface area contributed by atoms with Gasteiger partial charge in [-0.05, 0) is 49.2 Å². The topological polar surface area (TPSA) is 46.4 Å². The minimum Gasteiger partial charge on any atom is -0.326 e. The molecule has 0 radical (unpaired) electrons. The lowest BCUT2D eigenvalue weighted by Crippen LogP contribution is -2.18. The molecule has 0 bridgehead atoms. The molecule has 0 saturated heterocycles. The van der Waals surface area contributed by atoms with Gasteiger partial charge >= 0.3 is 0 Å². The smallest absolute Gasteiger partial charge is 0.225 e. The van der Waals surface area contributed by atoms with Crippen molar-refractivity contribution >= 4 is 17.2 Å². The van der Waals surface area contributed by atoms with Crippen LogP contribution in [-0.4, -0.2) is 15.3 Å². The number of aryl methyl sites for hydroxylation is 2. The summed E-state index contributed by atoms with van der Waals surface area (Å²) in [5.41, 5.74) is 4.94. The quantitative estimate of drug-likeness (QED) is 0.508. The zero-order valence-corrected chi connectivity index (χ0v) is 16.4. The Morgan fingerprint density at radius 1 is 1.07 bits per heavy atom. The molecule has 4 aromatic rings. The van der Waals surface area contributed by atoms with Crippen molar-refractivity contribution in [2.24, 2.45) is 0 Å². The number of amides is 1. The minimum absolute atomic E-state index is 0.108. The Kier molecular flexibility index (Phi) is 5.12. The van der Waals surface area contributed by atoms with Crippen LogP contribution in [0.25, 0.3) is 5.65 Å². The maximum Gasteiger partial charge on any atom is 0.225 e. The number of pyridine rings is 1. The van der Waals surface area contributed by atoms with Gasteiger partial charge in [0.25, 0.3) is 0 Å². The van der Waals surface area contributed by atoms with E-state index in [-0.39, 0.29) is 18.1 Å². The number of halogens is 1. The molecule has 29 heavy (non-hydrogen) atoms. The normalized spacial score (nSPS) is 12.1. The maximum absolute atomic E-state index is 14.7. The summed E-state index contributed by atoms with van der Waals surface area (Å²) in [6.45, 7) is 3.97. The molecule has 1 amide bonds. The van der Waals surface area contributed by atoms with Crippen LogP contribution in [0.15, 0.2) is 73.1 Å². The van der Waals surface area contributed by atoms with Gasteiger partial charge in [-0.15, -0.1) is 0 Å². The van der Waals surface area contributed by atoms with Crippen LogP contribution in [0.1, 0.15) is 34.7 Å². The van der Waals surface area contributed by atoms with E-state index in [1.165, 1.54) is 6.07 Å². The van der Waals surface area contributed by atoms with Crippen molar-refractivity contribution in [2.75, 3.05) is 5.32 Å². The lowest BCUT2D eigenvalue weighted by atomic mass is 9.91. The molecule has 4 nitrogen and oxygen atoms in total. The van der Waals surface area contributed by atoms with Gasteiger partial charge in [0.1, 0.15) is 11.5 Å². The fourth-order valence-corrected chi connectivity index (χ4v) is 3.59. The molecule has 0 aliphatic heterocycles. The van der Waals surface area contributed by atoms with Crippen molar-refractivity contribution in [2.45, 2.75) is 26.2 Å². The fraction of sp³-hybridized carbons (Fsp3) is 0.167. The van der Waals surface area contributed by atoms with Gasteiger partial charge in [0, 0.05) is 30.4 Å². The highest BCUT2D eigenvalue weighted by Gasteiger charge is 2.24. The van der Waals surface area contributed by atoms with Crippen molar-refractivity contribution in [3.8, 4) is 0 Å². The third-order valence-corrected chi connectivity index (χ3v) is 5.12. The van der Waals surface area contributed by atoms with Gasteiger partial charge < -0.3 is 9.72 Å².